The Bertz CT molecular complexity index is 436. The number of nitrogens with zero attached hydrogens (tertiary/aromatic N) is 3. The smallest absolute Gasteiger partial charge is 0.317 e. The Morgan fingerprint density at radius 3 is 2.55 bits per heavy atom. The highest BCUT2D eigenvalue weighted by atomic mass is 16.8. The molecule has 2 heterocycles. The zero-order valence-electron chi connectivity index (χ0n) is 11.7. The van der Waals surface area contributed by atoms with E-state index in [0.29, 0.717) is 0 Å². The molecule has 0 N–H and O–H groups in total. The van der Waals surface area contributed by atoms with Crippen molar-refractivity contribution >= 4 is 5.97 Å². The number of carbonyl (C=O) groups excluding carboxylic acids is 1. The fourth-order valence-electron chi connectivity index (χ4n) is 2.46. The van der Waals surface area contributed by atoms with Crippen LogP contribution >= 0.6 is 0 Å². The molecule has 1 unspecified atom stereocenters. The molecule has 0 aromatic rings. The van der Waals surface area contributed by atoms with E-state index in [1.54, 1.807) is 13.8 Å². The Morgan fingerprint density at radius 2 is 2.00 bits per heavy atom. The van der Waals surface area contributed by atoms with Crippen LogP contribution in [0.15, 0.2) is 5.11 Å². The van der Waals surface area contributed by atoms with Crippen molar-refractivity contribution in [2.75, 3.05) is 14.2 Å². The summed E-state index contributed by atoms with van der Waals surface area (Å²) in [7, 11) is 2.66. The Balaban J connectivity index is 2.27. The van der Waals surface area contributed by atoms with Crippen LogP contribution in [0, 0.1) is 0 Å². The third kappa shape index (κ3) is 2.58. The van der Waals surface area contributed by atoms with Crippen LogP contribution in [0.25, 0.3) is 10.4 Å². The summed E-state index contributed by atoms with van der Waals surface area (Å²) in [6.07, 6.45) is -2.60. The molecule has 20 heavy (non-hydrogen) atoms. The summed E-state index contributed by atoms with van der Waals surface area (Å²) in [6, 6.07) is -1.16. The van der Waals surface area contributed by atoms with Gasteiger partial charge in [0.25, 0.3) is 0 Å². The lowest BCUT2D eigenvalue weighted by Gasteiger charge is -2.25. The molecule has 0 aromatic heterocycles. The number of hydrogen-bond donors (Lipinski definition) is 0. The molecule has 9 heteroatoms. The van der Waals surface area contributed by atoms with Gasteiger partial charge in [0.1, 0.15) is 18.3 Å². The maximum Gasteiger partial charge on any atom is 0.317 e. The van der Waals surface area contributed by atoms with Gasteiger partial charge in [-0.2, -0.15) is 0 Å². The predicted octanol–water partition coefficient (Wildman–Crippen LogP) is 0.730. The van der Waals surface area contributed by atoms with Gasteiger partial charge in [-0.25, -0.2) is 0 Å². The highest BCUT2D eigenvalue weighted by molar-refractivity contribution is 5.76. The summed E-state index contributed by atoms with van der Waals surface area (Å²) in [6.45, 7) is 3.49. The van der Waals surface area contributed by atoms with Crippen molar-refractivity contribution in [1.29, 1.82) is 0 Å². The fourth-order valence-corrected chi connectivity index (χ4v) is 2.46. The van der Waals surface area contributed by atoms with Gasteiger partial charge in [0, 0.05) is 12.0 Å². The Morgan fingerprint density at radius 1 is 1.35 bits per heavy atom. The largest absolute Gasteiger partial charge is 0.469 e. The molecule has 0 aromatic carbocycles. The first-order chi connectivity index (χ1) is 9.43. The molecular formula is C11H17N3O6. The number of esters is 1. The average molecular weight is 287 g/mol. The number of rotatable bonds is 4. The Labute approximate surface area is 115 Å². The fraction of sp³-hybridized carbons (Fsp3) is 0.909. The van der Waals surface area contributed by atoms with E-state index in [-0.39, 0.29) is 0 Å². The number of methoxy groups -OCH3 is 2. The Hall–Kier alpha value is -1.38. The Kier molecular flexibility index (Phi) is 4.17. The standard InChI is InChI=1S/C11H17N3O6/c1-11(2)19-7-6(5(13-14-12)9(15)16-3)18-10(17-4)8(7)20-11/h5-8,10H,1-4H3/t5-,6+,7+,8+,10?/m0/s1. The van der Waals surface area contributed by atoms with E-state index in [0.717, 1.165) is 0 Å². The van der Waals surface area contributed by atoms with Gasteiger partial charge in [0.15, 0.2) is 18.1 Å². The minimum Gasteiger partial charge on any atom is -0.469 e. The van der Waals surface area contributed by atoms with Crippen LogP contribution in [0.2, 0.25) is 0 Å². The molecule has 0 bridgehead atoms. The second-order valence-corrected chi connectivity index (χ2v) is 4.94. The van der Waals surface area contributed by atoms with Crippen LogP contribution in [0.1, 0.15) is 13.8 Å². The van der Waals surface area contributed by atoms with E-state index in [2.05, 4.69) is 14.8 Å². The van der Waals surface area contributed by atoms with Crippen molar-refractivity contribution in [3.63, 3.8) is 0 Å². The topological polar surface area (TPSA) is 112 Å². The monoisotopic (exact) mass is 287 g/mol. The minimum atomic E-state index is -1.16. The number of ether oxygens (including phenoxy) is 5. The molecule has 0 amide bonds. The second kappa shape index (κ2) is 5.55. The van der Waals surface area contributed by atoms with E-state index in [9.17, 15) is 4.79 Å². The molecule has 2 aliphatic rings. The lowest BCUT2D eigenvalue weighted by molar-refractivity contribution is -0.229. The summed E-state index contributed by atoms with van der Waals surface area (Å²) in [4.78, 5) is 14.4. The van der Waals surface area contributed by atoms with Crippen LogP contribution in [-0.4, -0.2) is 56.6 Å². The van der Waals surface area contributed by atoms with Gasteiger partial charge in [0.05, 0.1) is 7.11 Å². The summed E-state index contributed by atoms with van der Waals surface area (Å²) < 4.78 is 26.8. The first-order valence-electron chi connectivity index (χ1n) is 6.09. The maximum atomic E-state index is 11.7. The quantitative estimate of drug-likeness (QED) is 0.326. The van der Waals surface area contributed by atoms with Gasteiger partial charge in [-0.05, 0) is 19.4 Å². The molecule has 0 spiro atoms. The molecule has 2 fully saturated rings. The number of azide groups is 1. The molecular weight excluding hydrogens is 270 g/mol. The van der Waals surface area contributed by atoms with E-state index in [1.807, 2.05) is 0 Å². The lowest BCUT2D eigenvalue weighted by atomic mass is 10.0. The van der Waals surface area contributed by atoms with E-state index < -0.39 is 42.4 Å². The molecule has 0 saturated carbocycles. The lowest BCUT2D eigenvalue weighted by Crippen LogP contribution is -2.42. The number of hydrogen-bond acceptors (Lipinski definition) is 7. The van der Waals surface area contributed by atoms with Crippen molar-refractivity contribution in [3.05, 3.63) is 10.4 Å². The van der Waals surface area contributed by atoms with Gasteiger partial charge in [-0.15, -0.1) is 0 Å². The molecule has 0 aliphatic carbocycles. The number of carbonyl (C=O) groups is 1. The van der Waals surface area contributed by atoms with Crippen molar-refractivity contribution in [3.8, 4) is 0 Å². The molecule has 5 atom stereocenters. The van der Waals surface area contributed by atoms with Gasteiger partial charge in [-0.3, -0.25) is 4.79 Å². The molecule has 0 radical (unpaired) electrons. The van der Waals surface area contributed by atoms with Crippen LogP contribution in [0.5, 0.6) is 0 Å². The van der Waals surface area contributed by atoms with Crippen LogP contribution in [0.4, 0.5) is 0 Å². The second-order valence-electron chi connectivity index (χ2n) is 4.94. The summed E-state index contributed by atoms with van der Waals surface area (Å²) >= 11 is 0. The van der Waals surface area contributed by atoms with Crippen molar-refractivity contribution in [2.45, 2.75) is 50.3 Å². The van der Waals surface area contributed by atoms with Crippen LogP contribution in [0.3, 0.4) is 0 Å². The SMILES string of the molecule is COC(=O)[C@@H](N=[N+]=[N-])[C@H]1OC(OC)[C@@H]2OC(C)(C)O[C@H]12. The zero-order valence-corrected chi connectivity index (χ0v) is 11.7. The van der Waals surface area contributed by atoms with Gasteiger partial charge >= 0.3 is 5.97 Å². The minimum absolute atomic E-state index is 0.499. The van der Waals surface area contributed by atoms with Crippen LogP contribution in [-0.2, 0) is 28.5 Å². The van der Waals surface area contributed by atoms with E-state index in [1.165, 1.54) is 14.2 Å². The van der Waals surface area contributed by atoms with Crippen LogP contribution < -0.4 is 0 Å². The molecule has 2 saturated heterocycles. The van der Waals surface area contributed by atoms with Gasteiger partial charge in [-0.1, -0.05) is 5.11 Å². The molecule has 9 nitrogen and oxygen atoms in total. The van der Waals surface area contributed by atoms with Crippen molar-refractivity contribution < 1.29 is 28.5 Å². The highest BCUT2D eigenvalue weighted by Gasteiger charge is 2.58. The van der Waals surface area contributed by atoms with Crippen molar-refractivity contribution in [1.82, 2.24) is 0 Å². The first-order valence-corrected chi connectivity index (χ1v) is 6.09. The summed E-state index contributed by atoms with van der Waals surface area (Å²) in [5.41, 5.74) is 8.60. The molecule has 2 rings (SSSR count). The highest BCUT2D eigenvalue weighted by Crippen LogP contribution is 2.40. The summed E-state index contributed by atoms with van der Waals surface area (Å²) in [5.74, 6) is -1.53. The molecule has 2 aliphatic heterocycles. The van der Waals surface area contributed by atoms with Crippen molar-refractivity contribution in [2.24, 2.45) is 5.11 Å². The maximum absolute atomic E-state index is 11.7. The molecule has 112 valence electrons. The first kappa shape index (κ1) is 15.0. The third-order valence-electron chi connectivity index (χ3n) is 3.21. The number of fused-ring (bicyclic) bond motifs is 1. The van der Waals surface area contributed by atoms with Gasteiger partial charge < -0.3 is 23.7 Å². The van der Waals surface area contributed by atoms with E-state index in [4.69, 9.17) is 24.5 Å². The normalized spacial score (nSPS) is 36.0. The summed E-state index contributed by atoms with van der Waals surface area (Å²) in [5, 5.41) is 3.44. The predicted molar refractivity (Wildman–Crippen MR) is 64.4 cm³/mol. The third-order valence-corrected chi connectivity index (χ3v) is 3.21. The van der Waals surface area contributed by atoms with Gasteiger partial charge in [0.2, 0.25) is 0 Å². The van der Waals surface area contributed by atoms with E-state index >= 15 is 0 Å². The zero-order chi connectivity index (χ0) is 14.9. The average Bonchev–Trinajstić information content (AvgIpc) is 2.88.